The third kappa shape index (κ3) is 5.39. The lowest BCUT2D eigenvalue weighted by Crippen LogP contribution is -2.37. The summed E-state index contributed by atoms with van der Waals surface area (Å²) < 4.78 is 5.65. The highest BCUT2D eigenvalue weighted by Gasteiger charge is 2.27. The van der Waals surface area contributed by atoms with Crippen LogP contribution in [0.4, 0.5) is 0 Å². The summed E-state index contributed by atoms with van der Waals surface area (Å²) >= 11 is 0. The Morgan fingerprint density at radius 1 is 1.24 bits per heavy atom. The highest BCUT2D eigenvalue weighted by Crippen LogP contribution is 2.35. The Morgan fingerprint density at radius 2 is 2.06 bits per heavy atom. The molecule has 0 aromatic carbocycles. The van der Waals surface area contributed by atoms with E-state index in [0.717, 1.165) is 31.7 Å². The first-order valence-electron chi connectivity index (χ1n) is 7.47. The molecule has 0 spiro atoms. The van der Waals surface area contributed by atoms with Crippen LogP contribution in [0.25, 0.3) is 0 Å². The van der Waals surface area contributed by atoms with E-state index in [2.05, 4.69) is 19.2 Å². The van der Waals surface area contributed by atoms with Crippen LogP contribution in [0, 0.1) is 11.3 Å². The Balaban J connectivity index is 1.46. The van der Waals surface area contributed by atoms with Crippen LogP contribution < -0.4 is 5.32 Å². The molecule has 2 nitrogen and oxygen atoms in total. The van der Waals surface area contributed by atoms with E-state index >= 15 is 0 Å². The van der Waals surface area contributed by atoms with Crippen molar-refractivity contribution in [2.24, 2.45) is 11.3 Å². The van der Waals surface area contributed by atoms with E-state index in [1.54, 1.807) is 0 Å². The minimum atomic E-state index is 0.554. The first kappa shape index (κ1) is 13.4. The standard InChI is InChI=1S/C15H29NO/c1-15(2)8-3-5-14(11-15)16-9-4-10-17-12-13-6-7-13/h13-14,16H,3-12H2,1-2H3. The van der Waals surface area contributed by atoms with Crippen molar-refractivity contribution >= 4 is 0 Å². The quantitative estimate of drug-likeness (QED) is 0.688. The summed E-state index contributed by atoms with van der Waals surface area (Å²) in [6, 6.07) is 0.752. The van der Waals surface area contributed by atoms with Gasteiger partial charge in [-0.3, -0.25) is 0 Å². The number of ether oxygens (including phenoxy) is 1. The number of rotatable bonds is 7. The van der Waals surface area contributed by atoms with Gasteiger partial charge in [0.15, 0.2) is 0 Å². The fourth-order valence-electron chi connectivity index (χ4n) is 2.89. The first-order chi connectivity index (χ1) is 8.16. The molecule has 0 radical (unpaired) electrons. The van der Waals surface area contributed by atoms with E-state index < -0.39 is 0 Å². The molecule has 2 saturated carbocycles. The predicted octanol–water partition coefficient (Wildman–Crippen LogP) is 3.36. The van der Waals surface area contributed by atoms with Gasteiger partial charge in [0.2, 0.25) is 0 Å². The van der Waals surface area contributed by atoms with Gasteiger partial charge in [-0.1, -0.05) is 20.3 Å². The third-order valence-electron chi connectivity index (χ3n) is 4.15. The molecule has 1 N–H and O–H groups in total. The average molecular weight is 239 g/mol. The van der Waals surface area contributed by atoms with Gasteiger partial charge in [0.05, 0.1) is 0 Å². The van der Waals surface area contributed by atoms with Crippen LogP contribution in [-0.4, -0.2) is 25.8 Å². The Labute approximate surface area is 107 Å². The van der Waals surface area contributed by atoms with Crippen molar-refractivity contribution in [2.45, 2.75) is 64.8 Å². The van der Waals surface area contributed by atoms with Crippen molar-refractivity contribution in [3.8, 4) is 0 Å². The molecular formula is C15H29NO. The second-order valence-corrected chi connectivity index (χ2v) is 6.78. The van der Waals surface area contributed by atoms with Crippen LogP contribution in [0.2, 0.25) is 0 Å². The van der Waals surface area contributed by atoms with Crippen LogP contribution in [-0.2, 0) is 4.74 Å². The van der Waals surface area contributed by atoms with Crippen LogP contribution in [0.15, 0.2) is 0 Å². The summed E-state index contributed by atoms with van der Waals surface area (Å²) in [4.78, 5) is 0. The molecule has 0 aromatic heterocycles. The lowest BCUT2D eigenvalue weighted by Gasteiger charge is -2.35. The molecule has 0 aromatic rings. The maximum absolute atomic E-state index is 5.65. The Hall–Kier alpha value is -0.0800. The topological polar surface area (TPSA) is 21.3 Å². The molecule has 2 aliphatic carbocycles. The average Bonchev–Trinajstić information content (AvgIpc) is 3.05. The first-order valence-corrected chi connectivity index (χ1v) is 7.47. The monoisotopic (exact) mass is 239 g/mol. The largest absolute Gasteiger partial charge is 0.381 e. The van der Waals surface area contributed by atoms with Gasteiger partial charge in [-0.15, -0.1) is 0 Å². The van der Waals surface area contributed by atoms with E-state index in [1.165, 1.54) is 44.9 Å². The summed E-state index contributed by atoms with van der Waals surface area (Å²) in [5.74, 6) is 0.905. The molecule has 0 amide bonds. The van der Waals surface area contributed by atoms with E-state index in [4.69, 9.17) is 4.74 Å². The minimum Gasteiger partial charge on any atom is -0.381 e. The van der Waals surface area contributed by atoms with Gasteiger partial charge in [0.1, 0.15) is 0 Å². The van der Waals surface area contributed by atoms with Gasteiger partial charge in [0, 0.05) is 19.3 Å². The van der Waals surface area contributed by atoms with Crippen molar-refractivity contribution in [1.29, 1.82) is 0 Å². The molecule has 0 aliphatic heterocycles. The van der Waals surface area contributed by atoms with Crippen molar-refractivity contribution in [3.05, 3.63) is 0 Å². The molecule has 2 aliphatic rings. The summed E-state index contributed by atoms with van der Waals surface area (Å²) in [5, 5.41) is 3.70. The zero-order chi connectivity index (χ0) is 12.1. The molecular weight excluding hydrogens is 210 g/mol. The summed E-state index contributed by atoms with van der Waals surface area (Å²) in [6.45, 7) is 7.89. The Kier molecular flexibility index (Phi) is 4.87. The van der Waals surface area contributed by atoms with Gasteiger partial charge < -0.3 is 10.1 Å². The van der Waals surface area contributed by atoms with Crippen molar-refractivity contribution in [2.75, 3.05) is 19.8 Å². The Bertz CT molecular complexity index is 223. The van der Waals surface area contributed by atoms with E-state index in [9.17, 15) is 0 Å². The number of hydrogen-bond donors (Lipinski definition) is 1. The molecule has 2 heteroatoms. The molecule has 0 bridgehead atoms. The summed E-state index contributed by atoms with van der Waals surface area (Å²) in [5.41, 5.74) is 0.554. The van der Waals surface area contributed by atoms with Gasteiger partial charge in [-0.25, -0.2) is 0 Å². The maximum Gasteiger partial charge on any atom is 0.0494 e. The lowest BCUT2D eigenvalue weighted by atomic mass is 9.75. The summed E-state index contributed by atoms with van der Waals surface area (Å²) in [7, 11) is 0. The van der Waals surface area contributed by atoms with Crippen LogP contribution >= 0.6 is 0 Å². The van der Waals surface area contributed by atoms with Gasteiger partial charge in [0.25, 0.3) is 0 Å². The molecule has 17 heavy (non-hydrogen) atoms. The SMILES string of the molecule is CC1(C)CCCC(NCCCOCC2CC2)C1. The third-order valence-corrected chi connectivity index (χ3v) is 4.15. The van der Waals surface area contributed by atoms with Crippen LogP contribution in [0.5, 0.6) is 0 Å². The van der Waals surface area contributed by atoms with E-state index in [-0.39, 0.29) is 0 Å². The highest BCUT2D eigenvalue weighted by molar-refractivity contribution is 4.83. The minimum absolute atomic E-state index is 0.554. The maximum atomic E-state index is 5.65. The fourth-order valence-corrected chi connectivity index (χ4v) is 2.89. The predicted molar refractivity (Wildman–Crippen MR) is 72.2 cm³/mol. The second kappa shape index (κ2) is 6.19. The van der Waals surface area contributed by atoms with E-state index in [1.807, 2.05) is 0 Å². The zero-order valence-electron chi connectivity index (χ0n) is 11.6. The van der Waals surface area contributed by atoms with Gasteiger partial charge >= 0.3 is 0 Å². The van der Waals surface area contributed by atoms with Crippen molar-refractivity contribution < 1.29 is 4.74 Å². The molecule has 1 unspecified atom stereocenters. The van der Waals surface area contributed by atoms with Crippen LogP contribution in [0.3, 0.4) is 0 Å². The molecule has 100 valence electrons. The zero-order valence-corrected chi connectivity index (χ0v) is 11.6. The molecule has 1 atom stereocenters. The van der Waals surface area contributed by atoms with Gasteiger partial charge in [-0.2, -0.15) is 0 Å². The van der Waals surface area contributed by atoms with E-state index in [0.29, 0.717) is 5.41 Å². The molecule has 2 fully saturated rings. The highest BCUT2D eigenvalue weighted by atomic mass is 16.5. The van der Waals surface area contributed by atoms with Crippen LogP contribution in [0.1, 0.15) is 58.8 Å². The fraction of sp³-hybridized carbons (Fsp3) is 1.00. The number of nitrogens with one attached hydrogen (secondary N) is 1. The lowest BCUT2D eigenvalue weighted by molar-refractivity contribution is 0.119. The normalized spacial score (nSPS) is 28.2. The number of hydrogen-bond acceptors (Lipinski definition) is 2. The molecule has 0 heterocycles. The smallest absolute Gasteiger partial charge is 0.0494 e. The van der Waals surface area contributed by atoms with Crippen molar-refractivity contribution in [1.82, 2.24) is 5.32 Å². The molecule has 2 rings (SSSR count). The Morgan fingerprint density at radius 3 is 2.76 bits per heavy atom. The summed E-state index contributed by atoms with van der Waals surface area (Å²) in [6.07, 6.45) is 9.47. The van der Waals surface area contributed by atoms with Gasteiger partial charge in [-0.05, 0) is 56.4 Å². The molecule has 0 saturated heterocycles. The second-order valence-electron chi connectivity index (χ2n) is 6.78. The van der Waals surface area contributed by atoms with Crippen molar-refractivity contribution in [3.63, 3.8) is 0 Å².